The first kappa shape index (κ1) is 23.5. The van der Waals surface area contributed by atoms with Crippen LogP contribution < -0.4 is 5.32 Å². The first-order valence-electron chi connectivity index (χ1n) is 11.4. The van der Waals surface area contributed by atoms with Crippen molar-refractivity contribution in [3.05, 3.63) is 53.2 Å². The molecule has 0 saturated carbocycles. The summed E-state index contributed by atoms with van der Waals surface area (Å²) in [5.74, 6) is 0.570. The van der Waals surface area contributed by atoms with Crippen molar-refractivity contribution in [3.8, 4) is 6.07 Å². The Morgan fingerprint density at radius 2 is 2.12 bits per heavy atom. The number of nitriles is 1. The third-order valence-corrected chi connectivity index (χ3v) is 6.62. The van der Waals surface area contributed by atoms with E-state index in [-0.39, 0.29) is 30.6 Å². The number of aliphatic hydroxyl groups is 1. The number of aromatic amines is 1. The maximum atomic E-state index is 11.8. The number of pyridine rings is 1. The number of likely N-dealkylation sites (tertiary alicyclic amines) is 1. The molecule has 0 aliphatic carbocycles. The van der Waals surface area contributed by atoms with Crippen LogP contribution in [0.25, 0.3) is 11.2 Å². The number of aliphatic hydroxyl groups excluding tert-OH is 1. The standard InChI is InChI=1S/C25H30N6O3/c1-17-6-7-21-22(27-17)30-23(29-21)28-20(8-11-26)19-5-3-4-18(14-19)15-25(16-32)9-12-31(13-10-25)24(33)34-2/h3-7,14,20,32H,8-10,12-13,15-16H2,1-2H3,(H2,27,28,29,30)/t20-/m1/s1. The van der Waals surface area contributed by atoms with Gasteiger partial charge in [-0.2, -0.15) is 10.2 Å². The normalized spacial score (nSPS) is 16.1. The minimum atomic E-state index is -0.324. The van der Waals surface area contributed by atoms with Gasteiger partial charge in [-0.25, -0.2) is 9.78 Å². The number of rotatable bonds is 7. The summed E-state index contributed by atoms with van der Waals surface area (Å²) in [7, 11) is 1.39. The van der Waals surface area contributed by atoms with Gasteiger partial charge in [0.15, 0.2) is 5.65 Å². The Hall–Kier alpha value is -3.64. The summed E-state index contributed by atoms with van der Waals surface area (Å²) in [6.07, 6.45) is 2.04. The number of aromatic nitrogens is 3. The highest BCUT2D eigenvalue weighted by molar-refractivity contribution is 5.73. The second-order valence-electron chi connectivity index (χ2n) is 9.01. The van der Waals surface area contributed by atoms with Crippen molar-refractivity contribution in [1.82, 2.24) is 19.9 Å². The number of aryl methyl sites for hydroxylation is 1. The Balaban J connectivity index is 1.51. The number of amides is 1. The van der Waals surface area contributed by atoms with E-state index in [1.807, 2.05) is 37.3 Å². The summed E-state index contributed by atoms with van der Waals surface area (Å²) in [5, 5.41) is 23.0. The molecule has 0 radical (unpaired) electrons. The lowest BCUT2D eigenvalue weighted by Gasteiger charge is -2.40. The third kappa shape index (κ3) is 5.13. The molecule has 34 heavy (non-hydrogen) atoms. The molecule has 3 N–H and O–H groups in total. The molecule has 0 bridgehead atoms. The quantitative estimate of drug-likeness (QED) is 0.488. The molecule has 1 aromatic carbocycles. The van der Waals surface area contributed by atoms with Gasteiger partial charge in [0.05, 0.1) is 31.2 Å². The fourth-order valence-corrected chi connectivity index (χ4v) is 4.60. The van der Waals surface area contributed by atoms with Gasteiger partial charge in [-0.15, -0.1) is 0 Å². The van der Waals surface area contributed by atoms with Gasteiger partial charge in [-0.1, -0.05) is 24.3 Å². The number of anilines is 1. The van der Waals surface area contributed by atoms with Crippen LogP contribution in [0.1, 0.15) is 42.1 Å². The SMILES string of the molecule is COC(=O)N1CCC(CO)(Cc2cccc([C@@H](CC#N)Nc3nc4nc(C)ccc4[nH]3)c2)CC1. The van der Waals surface area contributed by atoms with Crippen molar-refractivity contribution in [1.29, 1.82) is 5.26 Å². The Morgan fingerprint density at radius 1 is 1.32 bits per heavy atom. The van der Waals surface area contributed by atoms with Gasteiger partial charge < -0.3 is 25.0 Å². The summed E-state index contributed by atoms with van der Waals surface area (Å²) in [4.78, 5) is 25.7. The molecule has 1 aliphatic rings. The first-order valence-corrected chi connectivity index (χ1v) is 11.4. The van der Waals surface area contributed by atoms with Gasteiger partial charge >= 0.3 is 6.09 Å². The number of piperidine rings is 1. The van der Waals surface area contributed by atoms with Crippen molar-refractivity contribution in [2.45, 2.75) is 38.6 Å². The minimum absolute atomic E-state index is 0.0531. The Labute approximate surface area is 198 Å². The van der Waals surface area contributed by atoms with Crippen molar-refractivity contribution in [2.75, 3.05) is 32.1 Å². The second-order valence-corrected chi connectivity index (χ2v) is 9.01. The highest BCUT2D eigenvalue weighted by atomic mass is 16.5. The number of imidazole rings is 1. The summed E-state index contributed by atoms with van der Waals surface area (Å²) in [5.41, 5.74) is 4.13. The fourth-order valence-electron chi connectivity index (χ4n) is 4.60. The molecule has 1 atom stereocenters. The van der Waals surface area contributed by atoms with E-state index in [9.17, 15) is 15.2 Å². The van der Waals surface area contributed by atoms with E-state index in [2.05, 4.69) is 32.4 Å². The lowest BCUT2D eigenvalue weighted by molar-refractivity contribution is 0.0397. The van der Waals surface area contributed by atoms with E-state index in [0.29, 0.717) is 43.9 Å². The minimum Gasteiger partial charge on any atom is -0.453 e. The molecular weight excluding hydrogens is 432 g/mol. The zero-order valence-electron chi connectivity index (χ0n) is 19.5. The number of hydrogen-bond donors (Lipinski definition) is 3. The predicted molar refractivity (Wildman–Crippen MR) is 128 cm³/mol. The molecule has 3 heterocycles. The fraction of sp³-hybridized carbons (Fsp3) is 0.440. The molecule has 1 saturated heterocycles. The topological polar surface area (TPSA) is 127 Å². The van der Waals surface area contributed by atoms with Crippen LogP contribution in [0.15, 0.2) is 36.4 Å². The van der Waals surface area contributed by atoms with Gasteiger partial charge in [0.1, 0.15) is 0 Å². The average molecular weight is 463 g/mol. The molecule has 3 aromatic rings. The largest absolute Gasteiger partial charge is 0.453 e. The van der Waals surface area contributed by atoms with Crippen LogP contribution in [0.4, 0.5) is 10.7 Å². The van der Waals surface area contributed by atoms with Crippen LogP contribution in [0.2, 0.25) is 0 Å². The number of carbonyl (C=O) groups excluding carboxylic acids is 1. The van der Waals surface area contributed by atoms with Crippen molar-refractivity contribution in [3.63, 3.8) is 0 Å². The zero-order valence-corrected chi connectivity index (χ0v) is 19.5. The number of ether oxygens (including phenoxy) is 1. The highest BCUT2D eigenvalue weighted by Crippen LogP contribution is 2.36. The molecule has 178 valence electrons. The van der Waals surface area contributed by atoms with Gasteiger partial charge in [0.25, 0.3) is 0 Å². The molecule has 9 heteroatoms. The number of carbonyl (C=O) groups is 1. The lowest BCUT2D eigenvalue weighted by atomic mass is 9.74. The summed E-state index contributed by atoms with van der Waals surface area (Å²) >= 11 is 0. The summed E-state index contributed by atoms with van der Waals surface area (Å²) in [6.45, 7) is 3.09. The molecular formula is C25H30N6O3. The van der Waals surface area contributed by atoms with Gasteiger partial charge in [-0.3, -0.25) is 0 Å². The molecule has 1 amide bonds. The van der Waals surface area contributed by atoms with Crippen LogP contribution in [-0.2, 0) is 11.2 Å². The maximum Gasteiger partial charge on any atom is 0.409 e. The summed E-state index contributed by atoms with van der Waals surface area (Å²) < 4.78 is 4.83. The third-order valence-electron chi connectivity index (χ3n) is 6.62. The number of nitrogens with one attached hydrogen (secondary N) is 2. The van der Waals surface area contributed by atoms with Crippen LogP contribution in [-0.4, -0.2) is 57.9 Å². The zero-order chi connectivity index (χ0) is 24.1. The van der Waals surface area contributed by atoms with E-state index in [0.717, 1.165) is 22.3 Å². The van der Waals surface area contributed by atoms with Crippen molar-refractivity contribution >= 4 is 23.2 Å². The van der Waals surface area contributed by atoms with Gasteiger partial charge in [-0.05, 0) is 49.4 Å². The van der Waals surface area contributed by atoms with E-state index < -0.39 is 0 Å². The molecule has 0 unspecified atom stereocenters. The molecule has 1 fully saturated rings. The van der Waals surface area contributed by atoms with Crippen LogP contribution in [0.5, 0.6) is 0 Å². The smallest absolute Gasteiger partial charge is 0.409 e. The van der Waals surface area contributed by atoms with Gasteiger partial charge in [0.2, 0.25) is 5.95 Å². The number of hydrogen-bond acceptors (Lipinski definition) is 7. The van der Waals surface area contributed by atoms with Crippen molar-refractivity contribution in [2.24, 2.45) is 5.41 Å². The average Bonchev–Trinajstić information content (AvgIpc) is 3.25. The molecule has 9 nitrogen and oxygen atoms in total. The van der Waals surface area contributed by atoms with E-state index in [1.165, 1.54) is 7.11 Å². The number of nitrogens with zero attached hydrogens (tertiary/aromatic N) is 4. The molecule has 4 rings (SSSR count). The van der Waals surface area contributed by atoms with Gasteiger partial charge in [0, 0.05) is 30.8 Å². The predicted octanol–water partition coefficient (Wildman–Crippen LogP) is 3.72. The van der Waals surface area contributed by atoms with Crippen LogP contribution in [0.3, 0.4) is 0 Å². The lowest BCUT2D eigenvalue weighted by Crippen LogP contribution is -2.45. The molecule has 2 aromatic heterocycles. The van der Waals surface area contributed by atoms with Crippen molar-refractivity contribution < 1.29 is 14.6 Å². The summed E-state index contributed by atoms with van der Waals surface area (Å²) in [6, 6.07) is 14.0. The number of benzene rings is 1. The monoisotopic (exact) mass is 462 g/mol. The van der Waals surface area contributed by atoms with Crippen LogP contribution >= 0.6 is 0 Å². The van der Waals surface area contributed by atoms with E-state index in [4.69, 9.17) is 4.74 Å². The Kier molecular flexibility index (Phi) is 6.98. The molecule has 1 aliphatic heterocycles. The van der Waals surface area contributed by atoms with Crippen LogP contribution in [0, 0.1) is 23.7 Å². The number of methoxy groups -OCH3 is 1. The maximum absolute atomic E-state index is 11.8. The second kappa shape index (κ2) is 10.1. The Morgan fingerprint density at radius 3 is 2.82 bits per heavy atom. The number of H-pyrrole nitrogens is 1. The highest BCUT2D eigenvalue weighted by Gasteiger charge is 2.36. The molecule has 0 spiro atoms. The van der Waals surface area contributed by atoms with E-state index in [1.54, 1.807) is 4.90 Å². The first-order chi connectivity index (χ1) is 16.4. The van der Waals surface area contributed by atoms with E-state index >= 15 is 0 Å². The Bertz CT molecular complexity index is 1190. The number of fused-ring (bicyclic) bond motifs is 1.